The Morgan fingerprint density at radius 3 is 2.14 bits per heavy atom. The molecule has 0 bridgehead atoms. The van der Waals surface area contributed by atoms with Crippen molar-refractivity contribution in [1.82, 2.24) is 9.97 Å². The summed E-state index contributed by atoms with van der Waals surface area (Å²) in [5.74, 6) is 3.82. The predicted molar refractivity (Wildman–Crippen MR) is 63.4 cm³/mol. The summed E-state index contributed by atoms with van der Waals surface area (Å²) in [6, 6.07) is -0.278. The Labute approximate surface area is 116 Å². The van der Waals surface area contributed by atoms with Crippen molar-refractivity contribution in [3.8, 4) is 0 Å². The van der Waals surface area contributed by atoms with Crippen molar-refractivity contribution >= 4 is 11.8 Å². The summed E-state index contributed by atoms with van der Waals surface area (Å²) in [7, 11) is 0. The highest BCUT2D eigenvalue weighted by Gasteiger charge is 2.36. The molecule has 1 heterocycles. The average Bonchev–Trinajstić information content (AvgIpc) is 2.33. The van der Waals surface area contributed by atoms with Gasteiger partial charge in [-0.15, -0.1) is 0 Å². The van der Waals surface area contributed by atoms with Crippen LogP contribution in [0.3, 0.4) is 0 Å². The number of nitrogens with two attached hydrogens (primary N) is 1. The number of hydrogen-bond acceptors (Lipinski definition) is 5. The van der Waals surface area contributed by atoms with Gasteiger partial charge in [0.05, 0.1) is 0 Å². The Bertz CT molecular complexity index is 484. The van der Waals surface area contributed by atoms with E-state index in [4.69, 9.17) is 5.84 Å². The lowest BCUT2D eigenvalue weighted by molar-refractivity contribution is -0.141. The summed E-state index contributed by atoms with van der Waals surface area (Å²) >= 11 is 0. The van der Waals surface area contributed by atoms with E-state index in [-0.39, 0.29) is 0 Å². The third-order valence-electron chi connectivity index (χ3n) is 2.40. The molecule has 0 amide bonds. The van der Waals surface area contributed by atoms with Gasteiger partial charge in [0.15, 0.2) is 5.69 Å². The van der Waals surface area contributed by atoms with Crippen LogP contribution in [0.1, 0.15) is 19.5 Å². The van der Waals surface area contributed by atoms with E-state index in [2.05, 4.69) is 9.97 Å². The van der Waals surface area contributed by atoms with Gasteiger partial charge in [-0.2, -0.15) is 31.3 Å². The van der Waals surface area contributed by atoms with Gasteiger partial charge in [0, 0.05) is 12.1 Å². The van der Waals surface area contributed by atoms with Crippen LogP contribution in [-0.4, -0.2) is 28.7 Å². The number of hydrazine groups is 1. The molecule has 5 nitrogen and oxygen atoms in total. The molecular formula is C10H13F6N5. The van der Waals surface area contributed by atoms with E-state index >= 15 is 0 Å². The Morgan fingerprint density at radius 1 is 1.19 bits per heavy atom. The van der Waals surface area contributed by atoms with Gasteiger partial charge in [0.1, 0.15) is 12.4 Å². The monoisotopic (exact) mass is 317 g/mol. The zero-order valence-electron chi connectivity index (χ0n) is 11.0. The van der Waals surface area contributed by atoms with Crippen molar-refractivity contribution < 1.29 is 26.3 Å². The lowest BCUT2D eigenvalue weighted by atomic mass is 10.3. The molecule has 0 aliphatic rings. The average molecular weight is 317 g/mol. The maximum absolute atomic E-state index is 12.7. The lowest BCUT2D eigenvalue weighted by Crippen LogP contribution is -2.40. The van der Waals surface area contributed by atoms with Gasteiger partial charge < -0.3 is 4.90 Å². The van der Waals surface area contributed by atoms with Crippen molar-refractivity contribution in [3.63, 3.8) is 0 Å². The molecular weight excluding hydrogens is 304 g/mol. The Morgan fingerprint density at radius 2 is 1.76 bits per heavy atom. The zero-order valence-corrected chi connectivity index (χ0v) is 11.0. The van der Waals surface area contributed by atoms with Crippen molar-refractivity contribution in [2.24, 2.45) is 5.84 Å². The van der Waals surface area contributed by atoms with Gasteiger partial charge in [0.2, 0.25) is 5.95 Å². The molecule has 11 heteroatoms. The van der Waals surface area contributed by atoms with Crippen LogP contribution in [0.25, 0.3) is 0 Å². The molecule has 0 fully saturated rings. The first-order valence-electron chi connectivity index (χ1n) is 5.70. The van der Waals surface area contributed by atoms with Crippen LogP contribution in [0.4, 0.5) is 38.1 Å². The van der Waals surface area contributed by atoms with Gasteiger partial charge in [-0.05, 0) is 13.8 Å². The SMILES string of the molecule is CC(C)N(CC(F)(F)F)c1cc(C(F)(F)F)nc(NN)n1. The normalized spacial score (nSPS) is 12.7. The van der Waals surface area contributed by atoms with Crippen molar-refractivity contribution in [2.75, 3.05) is 16.9 Å². The maximum Gasteiger partial charge on any atom is 0.433 e. The quantitative estimate of drug-likeness (QED) is 0.507. The maximum atomic E-state index is 12.7. The van der Waals surface area contributed by atoms with E-state index < -0.39 is 42.4 Å². The zero-order chi connectivity index (χ0) is 16.4. The number of alkyl halides is 6. The smallest absolute Gasteiger partial charge is 0.345 e. The Kier molecular flexibility index (Phi) is 4.87. The van der Waals surface area contributed by atoms with Gasteiger partial charge in [-0.3, -0.25) is 5.43 Å². The molecule has 3 N–H and O–H groups in total. The van der Waals surface area contributed by atoms with Gasteiger partial charge in [0.25, 0.3) is 0 Å². The molecule has 0 saturated carbocycles. The molecule has 0 atom stereocenters. The Balaban J connectivity index is 3.31. The van der Waals surface area contributed by atoms with E-state index in [0.717, 1.165) is 0 Å². The summed E-state index contributed by atoms with van der Waals surface area (Å²) in [6.07, 6.45) is -9.42. The third kappa shape index (κ3) is 4.92. The summed E-state index contributed by atoms with van der Waals surface area (Å²) in [5.41, 5.74) is 0.425. The second-order valence-electron chi connectivity index (χ2n) is 4.41. The van der Waals surface area contributed by atoms with Gasteiger partial charge >= 0.3 is 12.4 Å². The van der Waals surface area contributed by atoms with Crippen LogP contribution in [0.2, 0.25) is 0 Å². The standard InChI is InChI=1S/C10H13F6N5/c1-5(2)21(4-9(11,12)13)7-3-6(10(14,15)16)18-8(19-7)20-17/h3,5H,4,17H2,1-2H3,(H,18,19,20). The van der Waals surface area contributed by atoms with Gasteiger partial charge in [-0.25, -0.2) is 10.8 Å². The topological polar surface area (TPSA) is 67.1 Å². The van der Waals surface area contributed by atoms with E-state index in [9.17, 15) is 26.3 Å². The van der Waals surface area contributed by atoms with Crippen LogP contribution in [0, 0.1) is 0 Å². The van der Waals surface area contributed by atoms with E-state index in [1.165, 1.54) is 13.8 Å². The number of halogens is 6. The summed E-state index contributed by atoms with van der Waals surface area (Å²) in [6.45, 7) is 1.36. The highest BCUT2D eigenvalue weighted by atomic mass is 19.4. The summed E-state index contributed by atoms with van der Waals surface area (Å²) < 4.78 is 75.6. The first kappa shape index (κ1) is 17.3. The van der Waals surface area contributed by atoms with E-state index in [0.29, 0.717) is 11.0 Å². The third-order valence-corrected chi connectivity index (χ3v) is 2.40. The number of rotatable bonds is 4. The molecule has 0 unspecified atom stereocenters. The lowest BCUT2D eigenvalue weighted by Gasteiger charge is -2.29. The summed E-state index contributed by atoms with van der Waals surface area (Å²) in [4.78, 5) is 7.31. The second-order valence-corrected chi connectivity index (χ2v) is 4.41. The van der Waals surface area contributed by atoms with Crippen LogP contribution >= 0.6 is 0 Å². The van der Waals surface area contributed by atoms with Crippen molar-refractivity contribution in [2.45, 2.75) is 32.2 Å². The number of aromatic nitrogens is 2. The summed E-state index contributed by atoms with van der Waals surface area (Å²) in [5, 5.41) is 0. The second kappa shape index (κ2) is 5.92. The molecule has 1 aromatic rings. The Hall–Kier alpha value is -1.78. The number of hydrogen-bond donors (Lipinski definition) is 2. The fourth-order valence-electron chi connectivity index (χ4n) is 1.51. The molecule has 21 heavy (non-hydrogen) atoms. The fraction of sp³-hybridized carbons (Fsp3) is 0.600. The fourth-order valence-corrected chi connectivity index (χ4v) is 1.51. The molecule has 1 aromatic heterocycles. The van der Waals surface area contributed by atoms with Crippen LogP contribution in [0.15, 0.2) is 6.07 Å². The highest BCUT2D eigenvalue weighted by molar-refractivity contribution is 5.46. The first-order valence-corrected chi connectivity index (χ1v) is 5.70. The largest absolute Gasteiger partial charge is 0.433 e. The predicted octanol–water partition coefficient (Wildman–Crippen LogP) is 2.56. The molecule has 0 spiro atoms. The molecule has 120 valence electrons. The van der Waals surface area contributed by atoms with Crippen molar-refractivity contribution in [1.29, 1.82) is 0 Å². The number of nitrogens with zero attached hydrogens (tertiary/aromatic N) is 3. The minimum Gasteiger partial charge on any atom is -0.345 e. The highest BCUT2D eigenvalue weighted by Crippen LogP contribution is 2.31. The molecule has 0 aliphatic carbocycles. The molecule has 0 aromatic carbocycles. The minimum absolute atomic E-state index is 0.451. The van der Waals surface area contributed by atoms with Crippen LogP contribution in [-0.2, 0) is 6.18 Å². The van der Waals surface area contributed by atoms with Gasteiger partial charge in [-0.1, -0.05) is 0 Å². The molecule has 0 aliphatic heterocycles. The number of nitrogen functional groups attached to an aromatic ring is 1. The van der Waals surface area contributed by atoms with E-state index in [1.807, 2.05) is 0 Å². The number of anilines is 2. The number of nitrogens with one attached hydrogen (secondary N) is 1. The molecule has 0 radical (unpaired) electrons. The first-order chi connectivity index (χ1) is 9.44. The van der Waals surface area contributed by atoms with Crippen LogP contribution in [0.5, 0.6) is 0 Å². The minimum atomic E-state index is -4.83. The van der Waals surface area contributed by atoms with Crippen molar-refractivity contribution in [3.05, 3.63) is 11.8 Å². The molecule has 1 rings (SSSR count). The van der Waals surface area contributed by atoms with Crippen LogP contribution < -0.4 is 16.2 Å². The van der Waals surface area contributed by atoms with E-state index in [1.54, 1.807) is 5.43 Å². The molecule has 0 saturated heterocycles.